The maximum absolute atomic E-state index is 2.63. The molecular weight excluding hydrogens is 761 g/mol. The number of para-hydroxylation sites is 2. The average Bonchev–Trinajstić information content (AvgIpc) is 3.56. The molecule has 2 aliphatic heterocycles. The molecule has 0 bridgehead atoms. The molecule has 0 unspecified atom stereocenters. The van der Waals surface area contributed by atoms with Crippen molar-refractivity contribution in [2.75, 3.05) is 9.80 Å². The van der Waals surface area contributed by atoms with Crippen molar-refractivity contribution in [1.82, 2.24) is 4.57 Å². The molecule has 0 N–H and O–H groups in total. The van der Waals surface area contributed by atoms with Crippen molar-refractivity contribution in [1.29, 1.82) is 0 Å². The molecule has 0 aliphatic carbocycles. The van der Waals surface area contributed by atoms with E-state index >= 15 is 0 Å². The number of hydrogen-bond acceptors (Lipinski definition) is 2. The predicted molar refractivity (Wildman–Crippen MR) is 272 cm³/mol. The Hall–Kier alpha value is -6.78. The predicted octanol–water partition coefficient (Wildman–Crippen LogP) is 14.0. The molecule has 0 spiro atoms. The van der Waals surface area contributed by atoms with E-state index in [4.69, 9.17) is 0 Å². The molecule has 8 aromatic carbocycles. The van der Waals surface area contributed by atoms with Gasteiger partial charge in [0.1, 0.15) is 0 Å². The third-order valence-electron chi connectivity index (χ3n) is 14.0. The minimum Gasteiger partial charge on any atom is -0.311 e. The van der Waals surface area contributed by atoms with Gasteiger partial charge in [-0.2, -0.15) is 0 Å². The van der Waals surface area contributed by atoms with Gasteiger partial charge in [0.2, 0.25) is 0 Å². The lowest BCUT2D eigenvalue weighted by atomic mass is 9.33. The molecule has 0 fully saturated rings. The van der Waals surface area contributed by atoms with Gasteiger partial charge in [-0.15, -0.1) is 0 Å². The summed E-state index contributed by atoms with van der Waals surface area (Å²) in [5, 5.41) is 2.59. The fraction of sp³-hybridized carbons (Fsp3) is 0.186. The van der Waals surface area contributed by atoms with Crippen molar-refractivity contribution >= 4 is 79.0 Å². The van der Waals surface area contributed by atoms with Crippen LogP contribution in [0.25, 0.3) is 38.6 Å². The van der Waals surface area contributed by atoms with Gasteiger partial charge < -0.3 is 14.4 Å². The molecule has 2 aliphatic rings. The summed E-state index contributed by atoms with van der Waals surface area (Å²) in [5.41, 5.74) is 27.9. The number of rotatable bonds is 4. The lowest BCUT2D eigenvalue weighted by Crippen LogP contribution is -2.61. The van der Waals surface area contributed by atoms with Gasteiger partial charge in [-0.1, -0.05) is 123 Å². The Morgan fingerprint density at radius 2 is 0.952 bits per heavy atom. The monoisotopic (exact) mass is 815 g/mol. The minimum atomic E-state index is -0.00198. The molecule has 0 atom stereocenters. The van der Waals surface area contributed by atoms with E-state index in [1.54, 1.807) is 0 Å². The Bertz CT molecular complexity index is 3300. The van der Waals surface area contributed by atoms with Crippen LogP contribution in [0.15, 0.2) is 146 Å². The van der Waals surface area contributed by atoms with Crippen molar-refractivity contribution in [2.24, 2.45) is 0 Å². The molecule has 0 saturated carbocycles. The lowest BCUT2D eigenvalue weighted by molar-refractivity contribution is 0.591. The zero-order chi connectivity index (χ0) is 43.6. The second-order valence-electron chi connectivity index (χ2n) is 19.4. The molecule has 308 valence electrons. The van der Waals surface area contributed by atoms with E-state index in [1.165, 1.54) is 134 Å². The first-order valence-corrected chi connectivity index (χ1v) is 22.6. The number of anilines is 6. The number of hydrogen-bond donors (Lipinski definition) is 0. The van der Waals surface area contributed by atoms with Gasteiger partial charge in [-0.05, 0) is 169 Å². The second-order valence-corrected chi connectivity index (χ2v) is 19.4. The van der Waals surface area contributed by atoms with E-state index in [0.717, 1.165) is 0 Å². The Kier molecular flexibility index (Phi) is 8.77. The van der Waals surface area contributed by atoms with Crippen LogP contribution in [0.1, 0.15) is 65.3 Å². The van der Waals surface area contributed by atoms with Crippen LogP contribution >= 0.6 is 0 Å². The van der Waals surface area contributed by atoms with E-state index < -0.39 is 0 Å². The van der Waals surface area contributed by atoms with Gasteiger partial charge >= 0.3 is 0 Å². The SMILES string of the molecule is Cc1ccc2c(c1)B1c3cc4c5cc(C(C)(C)C)ccc5n(-c5c(C)cccc5C)c4cc3N(c3c(C)cc(-c4ccccc4)cc3C)c3cccc(c31)N2c1c(C)cccc1C. The van der Waals surface area contributed by atoms with E-state index in [9.17, 15) is 0 Å². The number of benzene rings is 8. The summed E-state index contributed by atoms with van der Waals surface area (Å²) < 4.78 is 2.56. The Balaban J connectivity index is 1.30. The van der Waals surface area contributed by atoms with Crippen molar-refractivity contribution in [2.45, 2.75) is 74.7 Å². The van der Waals surface area contributed by atoms with Crippen molar-refractivity contribution in [3.63, 3.8) is 0 Å². The van der Waals surface area contributed by atoms with Gasteiger partial charge in [0, 0.05) is 33.5 Å². The summed E-state index contributed by atoms with van der Waals surface area (Å²) in [6, 6.07) is 55.5. The summed E-state index contributed by atoms with van der Waals surface area (Å²) in [7, 11) is 0. The number of fused-ring (bicyclic) bond motifs is 7. The third kappa shape index (κ3) is 5.87. The van der Waals surface area contributed by atoms with Crippen LogP contribution in [0.3, 0.4) is 0 Å². The lowest BCUT2D eigenvalue weighted by Gasteiger charge is -2.45. The molecule has 0 amide bonds. The highest BCUT2D eigenvalue weighted by Gasteiger charge is 2.44. The van der Waals surface area contributed by atoms with Crippen LogP contribution in [-0.2, 0) is 5.41 Å². The third-order valence-corrected chi connectivity index (χ3v) is 14.0. The number of aromatic nitrogens is 1. The maximum atomic E-state index is 2.63. The fourth-order valence-corrected chi connectivity index (χ4v) is 11.2. The second kappa shape index (κ2) is 14.1. The zero-order valence-electron chi connectivity index (χ0n) is 38.3. The summed E-state index contributed by atoms with van der Waals surface area (Å²) in [5.74, 6) is 0. The van der Waals surface area contributed by atoms with Gasteiger partial charge in [-0.3, -0.25) is 0 Å². The molecule has 4 heteroatoms. The van der Waals surface area contributed by atoms with Crippen LogP contribution in [0.5, 0.6) is 0 Å². The van der Waals surface area contributed by atoms with Gasteiger partial charge in [0.15, 0.2) is 0 Å². The van der Waals surface area contributed by atoms with Gasteiger partial charge in [0.25, 0.3) is 6.71 Å². The van der Waals surface area contributed by atoms with E-state index in [-0.39, 0.29) is 12.1 Å². The van der Waals surface area contributed by atoms with E-state index in [1.807, 2.05) is 0 Å². The maximum Gasteiger partial charge on any atom is 0.252 e. The Morgan fingerprint density at radius 1 is 0.397 bits per heavy atom. The number of aryl methyl sites for hydroxylation is 7. The topological polar surface area (TPSA) is 11.4 Å². The first-order valence-electron chi connectivity index (χ1n) is 22.6. The normalized spacial score (nSPS) is 13.1. The molecule has 1 aromatic heterocycles. The minimum absolute atomic E-state index is 0.00198. The standard InChI is InChI=1S/C59H54BN3/c1-35-25-27-50-47(29-35)60-48-33-46-45-32-44(59(8,9)10)26-28-49(45)61(56-36(2)17-14-18-37(56)3)53(46)34-54(48)63(58-40(6)30-43(31-41(58)7)42-21-12-11-13-22-42)52-24-16-23-51(55(52)60)62(50)57-38(4)19-15-20-39(57)5/h11-34H,1-10H3. The highest BCUT2D eigenvalue weighted by Crippen LogP contribution is 2.49. The summed E-state index contributed by atoms with van der Waals surface area (Å²) in [6.45, 7) is 22.9. The van der Waals surface area contributed by atoms with Crippen molar-refractivity contribution in [3.05, 3.63) is 190 Å². The Morgan fingerprint density at radius 3 is 1.59 bits per heavy atom. The molecule has 0 radical (unpaired) electrons. The zero-order valence-corrected chi connectivity index (χ0v) is 38.3. The molecule has 63 heavy (non-hydrogen) atoms. The van der Waals surface area contributed by atoms with Crippen molar-refractivity contribution in [3.8, 4) is 16.8 Å². The van der Waals surface area contributed by atoms with Crippen LogP contribution in [0.4, 0.5) is 34.1 Å². The van der Waals surface area contributed by atoms with Gasteiger partial charge in [-0.25, -0.2) is 0 Å². The molecular formula is C59H54BN3. The van der Waals surface area contributed by atoms with Crippen LogP contribution in [0, 0.1) is 48.5 Å². The molecule has 9 aromatic rings. The molecule has 3 nitrogen and oxygen atoms in total. The van der Waals surface area contributed by atoms with E-state index in [0.29, 0.717) is 0 Å². The van der Waals surface area contributed by atoms with Crippen LogP contribution in [0.2, 0.25) is 0 Å². The number of nitrogens with zero attached hydrogens (tertiary/aromatic N) is 3. The van der Waals surface area contributed by atoms with Gasteiger partial charge in [0.05, 0.1) is 28.1 Å². The van der Waals surface area contributed by atoms with Crippen LogP contribution < -0.4 is 26.2 Å². The first kappa shape index (κ1) is 39.1. The smallest absolute Gasteiger partial charge is 0.252 e. The fourth-order valence-electron chi connectivity index (χ4n) is 11.2. The highest BCUT2D eigenvalue weighted by molar-refractivity contribution is 7.00. The summed E-state index contributed by atoms with van der Waals surface area (Å²) >= 11 is 0. The largest absolute Gasteiger partial charge is 0.311 e. The van der Waals surface area contributed by atoms with Crippen LogP contribution in [-0.4, -0.2) is 11.3 Å². The quantitative estimate of drug-likeness (QED) is 0.164. The van der Waals surface area contributed by atoms with E-state index in [2.05, 4.69) is 229 Å². The van der Waals surface area contributed by atoms with Crippen molar-refractivity contribution < 1.29 is 0 Å². The average molecular weight is 816 g/mol. The Labute approximate surface area is 373 Å². The molecule has 3 heterocycles. The first-order chi connectivity index (χ1) is 30.3. The summed E-state index contributed by atoms with van der Waals surface area (Å²) in [6.07, 6.45) is 0. The highest BCUT2D eigenvalue weighted by atomic mass is 15.2. The summed E-state index contributed by atoms with van der Waals surface area (Å²) in [4.78, 5) is 5.19. The molecule has 11 rings (SSSR count). The molecule has 0 saturated heterocycles.